The van der Waals surface area contributed by atoms with Crippen molar-refractivity contribution in [2.45, 2.75) is 51.0 Å². The molecule has 0 saturated carbocycles. The Balaban J connectivity index is 2.05. The molecule has 1 aliphatic rings. The van der Waals surface area contributed by atoms with Crippen LogP contribution in [0, 0.1) is 0 Å². The highest BCUT2D eigenvalue weighted by Crippen LogP contribution is 2.32. The smallest absolute Gasteiger partial charge is 0.350 e. The van der Waals surface area contributed by atoms with Gasteiger partial charge in [0, 0.05) is 21.9 Å². The predicted molar refractivity (Wildman–Crippen MR) is 109 cm³/mol. The van der Waals surface area contributed by atoms with E-state index in [1.165, 1.54) is 7.11 Å². The molecule has 0 spiro atoms. The van der Waals surface area contributed by atoms with Crippen LogP contribution in [-0.2, 0) is 20.8 Å². The van der Waals surface area contributed by atoms with Gasteiger partial charge in [-0.15, -0.1) is 4.99 Å². The number of amides is 1. The molecule has 1 aromatic carbocycles. The number of hydrogen-bond donors (Lipinski definition) is 0. The molecule has 0 bridgehead atoms. The molecular weight excluding hydrogens is 400 g/mol. The number of nitrogens with zero attached hydrogens (tertiary/aromatic N) is 2. The highest BCUT2D eigenvalue weighted by Gasteiger charge is 2.31. The zero-order valence-electron chi connectivity index (χ0n) is 16.4. The van der Waals surface area contributed by atoms with E-state index >= 15 is 0 Å². The summed E-state index contributed by atoms with van der Waals surface area (Å²) in [5.74, 6) is -0.161. The Bertz CT molecular complexity index is 971. The predicted octanol–water partition coefficient (Wildman–Crippen LogP) is 4.10. The lowest BCUT2D eigenvalue weighted by atomic mass is 10.2. The second-order valence-corrected chi connectivity index (χ2v) is 10.6. The maximum Gasteiger partial charge on any atom is 0.350 e. The summed E-state index contributed by atoms with van der Waals surface area (Å²) in [5, 5.41) is 2.51. The van der Waals surface area contributed by atoms with Crippen molar-refractivity contribution in [3.05, 3.63) is 45.2 Å². The van der Waals surface area contributed by atoms with Crippen molar-refractivity contribution in [3.63, 3.8) is 0 Å². The Morgan fingerprint density at radius 2 is 2.18 bits per heavy atom. The van der Waals surface area contributed by atoms with Gasteiger partial charge in [0.1, 0.15) is 16.6 Å². The number of thiazole rings is 1. The van der Waals surface area contributed by atoms with Crippen LogP contribution in [0.5, 0.6) is 5.75 Å². The molecule has 1 saturated heterocycles. The molecule has 1 amide bonds. The van der Waals surface area contributed by atoms with Crippen LogP contribution >= 0.6 is 22.1 Å². The Hall–Kier alpha value is -2.12. The van der Waals surface area contributed by atoms with Gasteiger partial charge in [0.05, 0.1) is 25.4 Å². The Morgan fingerprint density at radius 3 is 2.79 bits per heavy atom. The maximum atomic E-state index is 13.0. The molecular formula is C20H24ClN2O4S+. The van der Waals surface area contributed by atoms with Gasteiger partial charge in [0.2, 0.25) is 0 Å². The number of hydrogen-bond acceptors (Lipinski definition) is 4. The number of cyclic esters (lactones) is 1. The van der Waals surface area contributed by atoms with E-state index in [1.807, 2.05) is 10.8 Å². The Kier molecular flexibility index (Phi) is 5.95. The summed E-state index contributed by atoms with van der Waals surface area (Å²) in [6.07, 6.45) is 2.84. The second-order valence-electron chi connectivity index (χ2n) is 7.58. The van der Waals surface area contributed by atoms with Crippen LogP contribution in [0.3, 0.4) is 0 Å². The number of ether oxygens (including phenoxy) is 2. The van der Waals surface area contributed by atoms with Gasteiger partial charge in [-0.05, 0) is 45.4 Å². The number of methoxy groups -OCH3 is 1. The molecule has 150 valence electrons. The topological polar surface area (TPSA) is 69.9 Å². The van der Waals surface area contributed by atoms with Crippen LogP contribution in [-0.4, -0.2) is 29.7 Å². The molecule has 1 unspecified atom stereocenters. The van der Waals surface area contributed by atoms with E-state index in [4.69, 9.17) is 21.1 Å². The van der Waals surface area contributed by atoms with Crippen LogP contribution in [0.2, 0.25) is 5.02 Å². The number of halogens is 1. The maximum absolute atomic E-state index is 13.0. The zero-order chi connectivity index (χ0) is 20.5. The Morgan fingerprint density at radius 1 is 1.43 bits per heavy atom. The standard InChI is InChI=1S/C20H24ClN2O4S/c1-20(2,3)28-10-9-23(12-14-6-8-17(24)27-14)19(28)22-18(25)15-11-13(21)5-7-16(15)26-4/h5,7,9-11,14H,6,8,12H2,1-4H3/q+1/t14-,28?/m0/s1. The third kappa shape index (κ3) is 4.47. The summed E-state index contributed by atoms with van der Waals surface area (Å²) >= 11 is 6.07. The van der Waals surface area contributed by atoms with Gasteiger partial charge in [-0.25, -0.2) is 0 Å². The highest BCUT2D eigenvalue weighted by atomic mass is 35.5. The van der Waals surface area contributed by atoms with E-state index in [1.54, 1.807) is 18.2 Å². The molecule has 1 aromatic heterocycles. The minimum absolute atomic E-state index is 0.102. The summed E-state index contributed by atoms with van der Waals surface area (Å²) in [6, 6.07) is 4.89. The number of carbonyl (C=O) groups excluding carboxylic acids is 2. The highest BCUT2D eigenvalue weighted by molar-refractivity contribution is 7.29. The van der Waals surface area contributed by atoms with Crippen molar-refractivity contribution >= 4 is 33.9 Å². The first-order valence-corrected chi connectivity index (χ1v) is 10.7. The number of esters is 1. The average Bonchev–Trinajstić information content (AvgIpc) is 3.21. The SMILES string of the molecule is COc1ccc(Cl)cc1C(=O)N=c1n(C[C@@H]2CCC(=O)O2)cc[s+]1C(C)(C)C. The quantitative estimate of drug-likeness (QED) is 0.548. The molecule has 3 rings (SSSR count). The lowest BCUT2D eigenvalue weighted by molar-refractivity contribution is -0.141. The number of benzene rings is 1. The summed E-state index contributed by atoms with van der Waals surface area (Å²) in [5.41, 5.74) is 0.319. The Labute approximate surface area is 171 Å². The van der Waals surface area contributed by atoms with Crippen molar-refractivity contribution in [1.29, 1.82) is 0 Å². The van der Waals surface area contributed by atoms with Gasteiger partial charge in [0.25, 0.3) is 5.91 Å². The van der Waals surface area contributed by atoms with E-state index in [-0.39, 0.29) is 27.3 Å². The molecule has 1 fully saturated rings. The fourth-order valence-corrected chi connectivity index (χ4v) is 5.13. The molecule has 0 N–H and O–H groups in total. The van der Waals surface area contributed by atoms with Crippen molar-refractivity contribution in [2.75, 3.05) is 7.11 Å². The van der Waals surface area contributed by atoms with Gasteiger partial charge in [0.15, 0.2) is 5.38 Å². The fraction of sp³-hybridized carbons (Fsp3) is 0.450. The second kappa shape index (κ2) is 8.09. The fourth-order valence-electron chi connectivity index (χ4n) is 3.04. The zero-order valence-corrected chi connectivity index (χ0v) is 18.0. The van der Waals surface area contributed by atoms with Crippen LogP contribution in [0.4, 0.5) is 0 Å². The van der Waals surface area contributed by atoms with E-state index in [0.29, 0.717) is 40.5 Å². The van der Waals surface area contributed by atoms with Gasteiger partial charge in [-0.3, -0.25) is 14.2 Å². The van der Waals surface area contributed by atoms with Gasteiger partial charge < -0.3 is 9.47 Å². The van der Waals surface area contributed by atoms with Crippen LogP contribution in [0.25, 0.3) is 0 Å². The summed E-state index contributed by atoms with van der Waals surface area (Å²) in [7, 11) is 1.14. The summed E-state index contributed by atoms with van der Waals surface area (Å²) in [4.78, 5) is 29.5. The molecule has 2 atom stereocenters. The van der Waals surface area contributed by atoms with Gasteiger partial charge in [-0.1, -0.05) is 11.6 Å². The normalized spacial score (nSPS) is 18.3. The molecule has 8 heteroatoms. The minimum atomic E-state index is -0.409. The first-order chi connectivity index (χ1) is 13.2. The summed E-state index contributed by atoms with van der Waals surface area (Å²) < 4.78 is 12.5. The summed E-state index contributed by atoms with van der Waals surface area (Å²) in [6.45, 7) is 6.82. The third-order valence-electron chi connectivity index (χ3n) is 4.44. The van der Waals surface area contributed by atoms with Gasteiger partial charge >= 0.3 is 10.8 Å². The monoisotopic (exact) mass is 423 g/mol. The van der Waals surface area contributed by atoms with E-state index in [2.05, 4.69) is 31.1 Å². The first kappa shape index (κ1) is 20.6. The number of aromatic nitrogens is 1. The van der Waals surface area contributed by atoms with E-state index in [0.717, 1.165) is 0 Å². The van der Waals surface area contributed by atoms with Crippen LogP contribution in [0.15, 0.2) is 34.8 Å². The lowest BCUT2D eigenvalue weighted by Crippen LogP contribution is -2.27. The van der Waals surface area contributed by atoms with Crippen LogP contribution < -0.4 is 9.54 Å². The van der Waals surface area contributed by atoms with Crippen molar-refractivity contribution < 1.29 is 19.1 Å². The molecule has 2 heterocycles. The van der Waals surface area contributed by atoms with E-state index < -0.39 is 5.91 Å². The van der Waals surface area contributed by atoms with Gasteiger partial charge in [-0.2, -0.15) is 0 Å². The molecule has 1 aliphatic heterocycles. The van der Waals surface area contributed by atoms with Crippen LogP contribution in [0.1, 0.15) is 44.0 Å². The number of rotatable bonds is 4. The largest absolute Gasteiger partial charge is 0.496 e. The molecule has 2 aromatic rings. The van der Waals surface area contributed by atoms with E-state index in [9.17, 15) is 9.59 Å². The van der Waals surface area contributed by atoms with Crippen molar-refractivity contribution in [3.8, 4) is 5.75 Å². The average molecular weight is 424 g/mol. The van der Waals surface area contributed by atoms with Crippen molar-refractivity contribution in [1.82, 2.24) is 4.57 Å². The number of carbonyl (C=O) groups is 2. The minimum Gasteiger partial charge on any atom is -0.496 e. The lowest BCUT2D eigenvalue weighted by Gasteiger charge is -2.10. The first-order valence-electron chi connectivity index (χ1n) is 9.03. The molecule has 6 nitrogen and oxygen atoms in total. The third-order valence-corrected chi connectivity index (χ3v) is 7.10. The molecule has 0 radical (unpaired) electrons. The molecule has 28 heavy (non-hydrogen) atoms. The van der Waals surface area contributed by atoms with Crippen molar-refractivity contribution in [2.24, 2.45) is 4.99 Å². The molecule has 0 aliphatic carbocycles.